The quantitative estimate of drug-likeness (QED) is 0.0910. The highest BCUT2D eigenvalue weighted by Gasteiger charge is 2.35. The summed E-state index contributed by atoms with van der Waals surface area (Å²) in [6.07, 6.45) is 18.5. The van der Waals surface area contributed by atoms with Crippen LogP contribution in [0.1, 0.15) is 138 Å². The summed E-state index contributed by atoms with van der Waals surface area (Å²) in [7, 11) is 0. The maximum absolute atomic E-state index is 12.7. The molecule has 5 heteroatoms. The molecule has 2 unspecified atom stereocenters. The van der Waals surface area contributed by atoms with E-state index in [2.05, 4.69) is 13.8 Å². The molecule has 41 heavy (non-hydrogen) atoms. The van der Waals surface area contributed by atoms with Crippen molar-refractivity contribution in [1.29, 1.82) is 0 Å². The number of rotatable bonds is 20. The molecule has 1 aliphatic heterocycles. The second-order valence-electron chi connectivity index (χ2n) is 11.8. The number of benzene rings is 2. The fourth-order valence-electron chi connectivity index (χ4n) is 5.78. The van der Waals surface area contributed by atoms with Crippen LogP contribution in [0.5, 0.6) is 11.5 Å². The third-order valence-electron chi connectivity index (χ3n) is 7.97. The zero-order valence-electron chi connectivity index (χ0n) is 26.0. The van der Waals surface area contributed by atoms with Crippen LogP contribution < -0.4 is 9.47 Å². The first-order valence-electron chi connectivity index (χ1n) is 16.2. The van der Waals surface area contributed by atoms with Gasteiger partial charge in [0.15, 0.2) is 6.61 Å². The molecular formula is C36H52O5. The normalized spacial score (nSPS) is 14.9. The van der Waals surface area contributed by atoms with Crippen LogP contribution in [-0.2, 0) is 14.3 Å². The third kappa shape index (κ3) is 11.2. The number of carbonyl (C=O) groups is 2. The lowest BCUT2D eigenvalue weighted by atomic mass is 9.90. The molecule has 0 radical (unpaired) electrons. The zero-order valence-corrected chi connectivity index (χ0v) is 26.0. The first-order chi connectivity index (χ1) is 19.9. The maximum atomic E-state index is 12.7. The fourth-order valence-corrected chi connectivity index (χ4v) is 5.78. The van der Waals surface area contributed by atoms with E-state index in [1.54, 1.807) is 0 Å². The maximum Gasteiger partial charge on any atom is 0.344 e. The van der Waals surface area contributed by atoms with Crippen molar-refractivity contribution in [3.8, 4) is 11.5 Å². The predicted octanol–water partition coefficient (Wildman–Crippen LogP) is 9.54. The van der Waals surface area contributed by atoms with E-state index >= 15 is 0 Å². The van der Waals surface area contributed by atoms with Gasteiger partial charge in [-0.15, -0.1) is 0 Å². The van der Waals surface area contributed by atoms with Crippen LogP contribution in [0.2, 0.25) is 0 Å². The van der Waals surface area contributed by atoms with Crippen molar-refractivity contribution < 1.29 is 23.8 Å². The Bertz CT molecular complexity index is 1090. The average Bonchev–Trinajstić information content (AvgIpc) is 3.27. The van der Waals surface area contributed by atoms with Gasteiger partial charge in [-0.2, -0.15) is 0 Å². The summed E-state index contributed by atoms with van der Waals surface area (Å²) in [6, 6.07) is 11.5. The van der Waals surface area contributed by atoms with Gasteiger partial charge in [0, 0.05) is 5.56 Å². The van der Waals surface area contributed by atoms with Gasteiger partial charge in [0.2, 0.25) is 0 Å². The first-order valence-corrected chi connectivity index (χ1v) is 16.2. The number of fused-ring (bicyclic) bond motifs is 1. The van der Waals surface area contributed by atoms with Crippen molar-refractivity contribution in [3.05, 3.63) is 58.7 Å². The Balaban J connectivity index is 1.39. The van der Waals surface area contributed by atoms with Crippen molar-refractivity contribution in [2.24, 2.45) is 0 Å². The van der Waals surface area contributed by atoms with E-state index in [-0.39, 0.29) is 24.6 Å². The van der Waals surface area contributed by atoms with Crippen molar-refractivity contribution >= 4 is 11.9 Å². The molecule has 2 aromatic rings. The molecule has 1 aliphatic rings. The molecule has 2 atom stereocenters. The van der Waals surface area contributed by atoms with E-state index in [9.17, 15) is 9.59 Å². The lowest BCUT2D eigenvalue weighted by Gasteiger charge is -2.18. The number of esters is 2. The lowest BCUT2D eigenvalue weighted by Crippen LogP contribution is -2.23. The van der Waals surface area contributed by atoms with Crippen LogP contribution in [-0.4, -0.2) is 24.6 Å². The smallest absolute Gasteiger partial charge is 0.344 e. The third-order valence-corrected chi connectivity index (χ3v) is 7.97. The molecule has 0 fully saturated rings. The first kappa shape index (κ1) is 32.7. The standard InChI is InChI=1S/C36H52O5/c1-5-7-8-9-10-11-12-13-14-15-16-17-19-30(18-6-2)40-34(37)26-39-31-23-28(4)22-29(25-31)35-32-24-27(3)20-21-33(32)41-36(35)38/h20-25,30,35H,5-19,26H2,1-4H3. The second-order valence-corrected chi connectivity index (χ2v) is 11.8. The van der Waals surface area contributed by atoms with Gasteiger partial charge >= 0.3 is 11.9 Å². The second kappa shape index (κ2) is 17.9. The highest BCUT2D eigenvalue weighted by Crippen LogP contribution is 2.40. The van der Waals surface area contributed by atoms with Crippen LogP contribution in [0.25, 0.3) is 0 Å². The summed E-state index contributed by atoms with van der Waals surface area (Å²) in [5.41, 5.74) is 3.70. The predicted molar refractivity (Wildman–Crippen MR) is 166 cm³/mol. The van der Waals surface area contributed by atoms with Crippen LogP contribution in [0, 0.1) is 13.8 Å². The Hall–Kier alpha value is -2.82. The van der Waals surface area contributed by atoms with E-state index in [0.29, 0.717) is 11.5 Å². The van der Waals surface area contributed by atoms with Crippen LogP contribution >= 0.6 is 0 Å². The minimum Gasteiger partial charge on any atom is -0.482 e. The summed E-state index contributed by atoms with van der Waals surface area (Å²) < 4.78 is 17.2. The van der Waals surface area contributed by atoms with E-state index in [1.807, 2.05) is 50.2 Å². The molecule has 1 heterocycles. The van der Waals surface area contributed by atoms with E-state index in [4.69, 9.17) is 14.2 Å². The molecule has 0 saturated carbocycles. The molecule has 0 N–H and O–H groups in total. The number of carbonyl (C=O) groups excluding carboxylic acids is 2. The van der Waals surface area contributed by atoms with Gasteiger partial charge < -0.3 is 14.2 Å². The summed E-state index contributed by atoms with van der Waals surface area (Å²) >= 11 is 0. The van der Waals surface area contributed by atoms with Crippen molar-refractivity contribution in [3.63, 3.8) is 0 Å². The van der Waals surface area contributed by atoms with Gasteiger partial charge in [-0.3, -0.25) is 4.79 Å². The van der Waals surface area contributed by atoms with Gasteiger partial charge in [-0.25, -0.2) is 4.79 Å². The Labute approximate surface area is 248 Å². The van der Waals surface area contributed by atoms with E-state index in [1.165, 1.54) is 70.6 Å². The molecule has 0 saturated heterocycles. The summed E-state index contributed by atoms with van der Waals surface area (Å²) in [6.45, 7) is 8.20. The van der Waals surface area contributed by atoms with E-state index < -0.39 is 5.92 Å². The molecule has 0 bridgehead atoms. The van der Waals surface area contributed by atoms with Crippen LogP contribution in [0.3, 0.4) is 0 Å². The molecule has 0 aromatic heterocycles. The zero-order chi connectivity index (χ0) is 29.5. The van der Waals surface area contributed by atoms with Gasteiger partial charge in [0.25, 0.3) is 0 Å². The molecule has 0 amide bonds. The highest BCUT2D eigenvalue weighted by atomic mass is 16.6. The van der Waals surface area contributed by atoms with Crippen LogP contribution in [0.4, 0.5) is 0 Å². The van der Waals surface area contributed by atoms with E-state index in [0.717, 1.165) is 47.9 Å². The Morgan fingerprint density at radius 1 is 0.780 bits per heavy atom. The van der Waals surface area contributed by atoms with Crippen molar-refractivity contribution in [2.75, 3.05) is 6.61 Å². The number of aryl methyl sites for hydroxylation is 2. The van der Waals surface area contributed by atoms with Gasteiger partial charge in [0.1, 0.15) is 23.5 Å². The molecule has 3 rings (SSSR count). The molecular weight excluding hydrogens is 512 g/mol. The van der Waals surface area contributed by atoms with Gasteiger partial charge in [0.05, 0.1) is 0 Å². The lowest BCUT2D eigenvalue weighted by molar-refractivity contribution is -0.152. The molecule has 5 nitrogen and oxygen atoms in total. The summed E-state index contributed by atoms with van der Waals surface area (Å²) in [4.78, 5) is 25.4. The van der Waals surface area contributed by atoms with Crippen molar-refractivity contribution in [1.82, 2.24) is 0 Å². The van der Waals surface area contributed by atoms with Crippen molar-refractivity contribution in [2.45, 2.75) is 136 Å². The summed E-state index contributed by atoms with van der Waals surface area (Å²) in [5, 5.41) is 0. The Kier molecular flexibility index (Phi) is 14.3. The topological polar surface area (TPSA) is 61.8 Å². The monoisotopic (exact) mass is 564 g/mol. The molecule has 0 spiro atoms. The minimum absolute atomic E-state index is 0.0553. The molecule has 0 aliphatic carbocycles. The highest BCUT2D eigenvalue weighted by molar-refractivity contribution is 5.89. The SMILES string of the molecule is CCCCCCCCCCCCCCC(CCC)OC(=O)COc1cc(C)cc(C2C(=O)Oc3ccc(C)cc32)c1. The van der Waals surface area contributed by atoms with Gasteiger partial charge in [-0.05, 0) is 62.4 Å². The Morgan fingerprint density at radius 2 is 1.44 bits per heavy atom. The van der Waals surface area contributed by atoms with Gasteiger partial charge in [-0.1, -0.05) is 115 Å². The fraction of sp³-hybridized carbons (Fsp3) is 0.611. The Morgan fingerprint density at radius 3 is 2.10 bits per heavy atom. The minimum atomic E-state index is -0.497. The average molecular weight is 565 g/mol. The molecule has 2 aromatic carbocycles. The summed E-state index contributed by atoms with van der Waals surface area (Å²) in [5.74, 6) is 0.0317. The largest absolute Gasteiger partial charge is 0.482 e. The van der Waals surface area contributed by atoms with Crippen LogP contribution in [0.15, 0.2) is 36.4 Å². The number of hydrogen-bond acceptors (Lipinski definition) is 5. The number of ether oxygens (including phenoxy) is 3. The number of unbranched alkanes of at least 4 members (excludes halogenated alkanes) is 11. The number of hydrogen-bond donors (Lipinski definition) is 0. The molecule has 226 valence electrons.